The zero-order valence-electron chi connectivity index (χ0n) is 17.7. The Morgan fingerprint density at radius 1 is 0.781 bits per heavy atom. The number of aryl methyl sites for hydroxylation is 1. The third-order valence-electron chi connectivity index (χ3n) is 4.87. The van der Waals surface area contributed by atoms with E-state index >= 15 is 0 Å². The summed E-state index contributed by atoms with van der Waals surface area (Å²) in [6.45, 7) is 3.39. The second-order valence-corrected chi connectivity index (χ2v) is 10.6. The van der Waals surface area contributed by atoms with Crippen molar-refractivity contribution in [2.45, 2.75) is 23.6 Å². The average molecular weight is 474 g/mol. The number of hydrogen-bond donors (Lipinski definition) is 3. The highest BCUT2D eigenvalue weighted by Gasteiger charge is 2.20. The largest absolute Gasteiger partial charge is 0.322 e. The second-order valence-electron chi connectivity index (χ2n) is 7.08. The molecule has 0 aliphatic rings. The molecule has 10 heteroatoms. The number of anilines is 2. The fraction of sp³-hybridized carbons (Fsp3) is 0.136. The van der Waals surface area contributed by atoms with Crippen LogP contribution in [0.1, 0.15) is 21.5 Å². The number of carbonyl (C=O) groups excluding carboxylic acids is 1. The van der Waals surface area contributed by atoms with Crippen LogP contribution in [-0.2, 0) is 20.0 Å². The van der Waals surface area contributed by atoms with E-state index in [9.17, 15) is 21.6 Å². The van der Waals surface area contributed by atoms with E-state index in [1.807, 2.05) is 0 Å². The van der Waals surface area contributed by atoms with E-state index in [0.29, 0.717) is 16.8 Å². The van der Waals surface area contributed by atoms with Crippen LogP contribution in [0.15, 0.2) is 76.5 Å². The van der Waals surface area contributed by atoms with Crippen molar-refractivity contribution in [1.82, 2.24) is 4.72 Å². The topological polar surface area (TPSA) is 121 Å². The average Bonchev–Trinajstić information content (AvgIpc) is 2.76. The van der Waals surface area contributed by atoms with Crippen LogP contribution < -0.4 is 14.8 Å². The minimum atomic E-state index is -3.78. The second kappa shape index (κ2) is 9.11. The van der Waals surface area contributed by atoms with Gasteiger partial charge in [0, 0.05) is 11.3 Å². The summed E-state index contributed by atoms with van der Waals surface area (Å²) in [5, 5.41) is 2.68. The normalized spacial score (nSPS) is 11.7. The van der Waals surface area contributed by atoms with E-state index in [2.05, 4.69) is 14.8 Å². The SMILES string of the molecule is CNS(=O)(=O)c1cc(C(=O)Nc2cccc(NS(=O)(=O)c3ccccc3)c2)cc(C)c1C. The fourth-order valence-electron chi connectivity index (χ4n) is 3.02. The molecule has 0 saturated heterocycles. The number of hydrogen-bond acceptors (Lipinski definition) is 5. The quantitative estimate of drug-likeness (QED) is 0.486. The van der Waals surface area contributed by atoms with Gasteiger partial charge in [-0.25, -0.2) is 21.6 Å². The van der Waals surface area contributed by atoms with Crippen molar-refractivity contribution in [3.63, 3.8) is 0 Å². The summed E-state index contributed by atoms with van der Waals surface area (Å²) in [7, 11) is -6.22. The Morgan fingerprint density at radius 2 is 1.44 bits per heavy atom. The highest BCUT2D eigenvalue weighted by Crippen LogP contribution is 2.23. The lowest BCUT2D eigenvalue weighted by molar-refractivity contribution is 0.102. The van der Waals surface area contributed by atoms with Gasteiger partial charge in [-0.05, 0) is 74.5 Å². The maximum absolute atomic E-state index is 12.8. The predicted molar refractivity (Wildman–Crippen MR) is 124 cm³/mol. The van der Waals surface area contributed by atoms with Gasteiger partial charge in [-0.2, -0.15) is 0 Å². The monoisotopic (exact) mass is 473 g/mol. The van der Waals surface area contributed by atoms with E-state index < -0.39 is 26.0 Å². The van der Waals surface area contributed by atoms with Gasteiger partial charge in [0.05, 0.1) is 15.5 Å². The first-order valence-corrected chi connectivity index (χ1v) is 12.5. The van der Waals surface area contributed by atoms with Crippen molar-refractivity contribution in [1.29, 1.82) is 0 Å². The third kappa shape index (κ3) is 5.16. The molecule has 0 atom stereocenters. The number of benzene rings is 3. The van der Waals surface area contributed by atoms with Gasteiger partial charge in [-0.15, -0.1) is 0 Å². The number of amides is 1. The highest BCUT2D eigenvalue weighted by atomic mass is 32.2. The summed E-state index contributed by atoms with van der Waals surface area (Å²) in [5.41, 5.74) is 1.98. The lowest BCUT2D eigenvalue weighted by Gasteiger charge is -2.13. The van der Waals surface area contributed by atoms with Gasteiger partial charge < -0.3 is 5.32 Å². The maximum atomic E-state index is 12.8. The maximum Gasteiger partial charge on any atom is 0.261 e. The number of nitrogens with one attached hydrogen (secondary N) is 3. The van der Waals surface area contributed by atoms with E-state index in [1.54, 1.807) is 56.3 Å². The Kier molecular flexibility index (Phi) is 6.68. The molecule has 168 valence electrons. The van der Waals surface area contributed by atoms with Gasteiger partial charge in [0.25, 0.3) is 15.9 Å². The number of rotatable bonds is 7. The Balaban J connectivity index is 1.86. The van der Waals surface area contributed by atoms with Crippen LogP contribution in [0.25, 0.3) is 0 Å². The first-order valence-electron chi connectivity index (χ1n) is 9.57. The van der Waals surface area contributed by atoms with Crippen LogP contribution in [0.4, 0.5) is 11.4 Å². The summed E-state index contributed by atoms with van der Waals surface area (Å²) in [6, 6.07) is 17.1. The van der Waals surface area contributed by atoms with E-state index in [1.165, 1.54) is 31.3 Å². The molecule has 0 fully saturated rings. The van der Waals surface area contributed by atoms with Gasteiger partial charge in [0.15, 0.2) is 0 Å². The van der Waals surface area contributed by atoms with E-state index in [4.69, 9.17) is 0 Å². The standard InChI is InChI=1S/C22H23N3O5S2/c1-15-12-17(13-21(16(15)2)32(29,30)23-3)22(26)24-18-8-7-9-19(14-18)25-31(27,28)20-10-5-4-6-11-20/h4-14,23,25H,1-3H3,(H,24,26). The van der Waals surface area contributed by atoms with Crippen LogP contribution in [0.2, 0.25) is 0 Å². The van der Waals surface area contributed by atoms with Gasteiger partial charge >= 0.3 is 0 Å². The van der Waals surface area contributed by atoms with Crippen LogP contribution >= 0.6 is 0 Å². The van der Waals surface area contributed by atoms with Gasteiger partial charge in [0.1, 0.15) is 0 Å². The Morgan fingerprint density at radius 3 is 2.09 bits per heavy atom. The van der Waals surface area contributed by atoms with Gasteiger partial charge in [-0.1, -0.05) is 24.3 Å². The Bertz CT molecular complexity index is 1370. The van der Waals surface area contributed by atoms with E-state index in [-0.39, 0.29) is 21.0 Å². The molecule has 8 nitrogen and oxygen atoms in total. The van der Waals surface area contributed by atoms with Gasteiger partial charge in [-0.3, -0.25) is 9.52 Å². The van der Waals surface area contributed by atoms with Crippen molar-refractivity contribution >= 4 is 37.3 Å². The summed E-state index contributed by atoms with van der Waals surface area (Å²) in [5.74, 6) is -0.524. The fourth-order valence-corrected chi connectivity index (χ4v) is 5.16. The zero-order chi connectivity index (χ0) is 23.5. The van der Waals surface area contributed by atoms with Crippen molar-refractivity contribution in [2.24, 2.45) is 0 Å². The van der Waals surface area contributed by atoms with E-state index in [0.717, 1.165) is 0 Å². The lowest BCUT2D eigenvalue weighted by Crippen LogP contribution is -2.21. The summed E-state index contributed by atoms with van der Waals surface area (Å²) in [6.07, 6.45) is 0. The molecule has 3 aromatic rings. The highest BCUT2D eigenvalue weighted by molar-refractivity contribution is 7.92. The molecule has 3 N–H and O–H groups in total. The smallest absolute Gasteiger partial charge is 0.261 e. The van der Waals surface area contributed by atoms with Gasteiger partial charge in [0.2, 0.25) is 10.0 Å². The molecule has 1 amide bonds. The summed E-state index contributed by atoms with van der Waals surface area (Å²) in [4.78, 5) is 12.9. The minimum absolute atomic E-state index is 0.0227. The number of carbonyl (C=O) groups is 1. The van der Waals surface area contributed by atoms with Crippen LogP contribution in [0.3, 0.4) is 0 Å². The third-order valence-corrected chi connectivity index (χ3v) is 7.80. The molecule has 0 heterocycles. The zero-order valence-corrected chi connectivity index (χ0v) is 19.3. The predicted octanol–water partition coefficient (Wildman–Crippen LogP) is 3.26. The molecular formula is C22H23N3O5S2. The molecule has 0 unspecified atom stereocenters. The minimum Gasteiger partial charge on any atom is -0.322 e. The molecule has 3 rings (SSSR count). The molecular weight excluding hydrogens is 450 g/mol. The van der Waals surface area contributed by atoms with Crippen LogP contribution in [0, 0.1) is 13.8 Å². The molecule has 0 bridgehead atoms. The molecule has 32 heavy (non-hydrogen) atoms. The van der Waals surface area contributed by atoms with Crippen molar-refractivity contribution in [2.75, 3.05) is 17.1 Å². The molecule has 0 aromatic heterocycles. The molecule has 0 saturated carbocycles. The first kappa shape index (κ1) is 23.5. The van der Waals surface area contributed by atoms with Crippen molar-refractivity contribution < 1.29 is 21.6 Å². The van der Waals surface area contributed by atoms with Crippen molar-refractivity contribution in [3.05, 3.63) is 83.4 Å². The molecule has 3 aromatic carbocycles. The lowest BCUT2D eigenvalue weighted by atomic mass is 10.1. The van der Waals surface area contributed by atoms with Crippen molar-refractivity contribution in [3.8, 4) is 0 Å². The molecule has 0 spiro atoms. The molecule has 0 radical (unpaired) electrons. The number of sulfonamides is 2. The molecule has 0 aliphatic heterocycles. The van der Waals surface area contributed by atoms with Crippen LogP contribution in [-0.4, -0.2) is 29.8 Å². The van der Waals surface area contributed by atoms with Crippen LogP contribution in [0.5, 0.6) is 0 Å². The Hall–Kier alpha value is -3.21. The Labute approximate surface area is 187 Å². The first-order chi connectivity index (χ1) is 15.0. The molecule has 0 aliphatic carbocycles. The summed E-state index contributed by atoms with van der Waals surface area (Å²) >= 11 is 0. The summed E-state index contributed by atoms with van der Waals surface area (Å²) < 4.78 is 54.4.